The van der Waals surface area contributed by atoms with Gasteiger partial charge in [-0.05, 0) is 18.5 Å². The second-order valence-corrected chi connectivity index (χ2v) is 8.44. The maximum Gasteiger partial charge on any atom is 0.220 e. The van der Waals surface area contributed by atoms with E-state index in [-0.39, 0.29) is 13.2 Å². The summed E-state index contributed by atoms with van der Waals surface area (Å²) in [5.74, 6) is 0. The molecule has 0 radical (unpaired) electrons. The molecule has 8 heteroatoms. The Balaban J connectivity index is 1.57. The lowest BCUT2D eigenvalue weighted by atomic mass is 10.0. The van der Waals surface area contributed by atoms with Crippen LogP contribution in [0.3, 0.4) is 0 Å². The summed E-state index contributed by atoms with van der Waals surface area (Å²) in [6.45, 7) is 0.384. The standard InChI is InChI=1S/C22H24O6S2/c1-30-22(29)26-17-13-25-21(15-10-6-3-7-11-15)28-19(17)18-16(23)12-24-20(27-18)14-8-4-2-5-9-14/h2-11,16-21,23H,12-13H2,1H3/t16-,17-,18-,19-,20?,21?/m1/s1. The molecule has 0 aliphatic carbocycles. The third-order valence-electron chi connectivity index (χ3n) is 5.02. The van der Waals surface area contributed by atoms with E-state index in [1.165, 1.54) is 11.8 Å². The predicted octanol–water partition coefficient (Wildman–Crippen LogP) is 3.61. The molecule has 160 valence electrons. The van der Waals surface area contributed by atoms with Crippen molar-refractivity contribution in [3.63, 3.8) is 0 Å². The highest BCUT2D eigenvalue weighted by Gasteiger charge is 2.46. The van der Waals surface area contributed by atoms with Crippen LogP contribution in [-0.4, -0.2) is 53.4 Å². The van der Waals surface area contributed by atoms with Gasteiger partial charge in [0.25, 0.3) is 0 Å². The fourth-order valence-electron chi connectivity index (χ4n) is 3.53. The predicted molar refractivity (Wildman–Crippen MR) is 117 cm³/mol. The summed E-state index contributed by atoms with van der Waals surface area (Å²) in [6.07, 6.45) is -2.01. The van der Waals surface area contributed by atoms with Crippen molar-refractivity contribution in [1.29, 1.82) is 0 Å². The zero-order valence-corrected chi connectivity index (χ0v) is 18.1. The van der Waals surface area contributed by atoms with Crippen LogP contribution in [-0.2, 0) is 23.7 Å². The number of ether oxygens (including phenoxy) is 5. The van der Waals surface area contributed by atoms with E-state index in [0.29, 0.717) is 4.38 Å². The van der Waals surface area contributed by atoms with Crippen molar-refractivity contribution >= 4 is 28.4 Å². The van der Waals surface area contributed by atoms with Gasteiger partial charge in [0.1, 0.15) is 18.3 Å². The molecule has 0 spiro atoms. The molecule has 6 atom stereocenters. The summed E-state index contributed by atoms with van der Waals surface area (Å²) in [5, 5.41) is 10.7. The zero-order valence-electron chi connectivity index (χ0n) is 16.5. The Hall–Kier alpha value is -1.52. The molecule has 2 aromatic rings. The van der Waals surface area contributed by atoms with Gasteiger partial charge in [-0.15, -0.1) is 0 Å². The van der Waals surface area contributed by atoms with E-state index in [9.17, 15) is 5.11 Å². The van der Waals surface area contributed by atoms with E-state index in [1.807, 2.05) is 66.9 Å². The first-order chi connectivity index (χ1) is 14.7. The molecule has 2 unspecified atom stereocenters. The smallest absolute Gasteiger partial charge is 0.220 e. The normalized spacial score (nSPS) is 31.8. The van der Waals surface area contributed by atoms with Crippen molar-refractivity contribution < 1.29 is 28.8 Å². The Morgan fingerprint density at radius 2 is 1.43 bits per heavy atom. The highest BCUT2D eigenvalue weighted by Crippen LogP contribution is 2.35. The van der Waals surface area contributed by atoms with Crippen LogP contribution in [0.4, 0.5) is 0 Å². The average Bonchev–Trinajstić information content (AvgIpc) is 2.81. The van der Waals surface area contributed by atoms with E-state index in [4.69, 9.17) is 35.9 Å². The molecule has 1 N–H and O–H groups in total. The van der Waals surface area contributed by atoms with E-state index in [1.54, 1.807) is 0 Å². The number of aliphatic hydroxyl groups excluding tert-OH is 1. The average molecular weight is 449 g/mol. The number of aliphatic hydroxyl groups is 1. The summed E-state index contributed by atoms with van der Waals surface area (Å²) in [4.78, 5) is 0. The molecule has 2 aliphatic heterocycles. The second kappa shape index (κ2) is 10.2. The van der Waals surface area contributed by atoms with Crippen LogP contribution < -0.4 is 0 Å². The van der Waals surface area contributed by atoms with Gasteiger partial charge in [-0.1, -0.05) is 72.4 Å². The van der Waals surface area contributed by atoms with Gasteiger partial charge in [-0.25, -0.2) is 0 Å². The van der Waals surface area contributed by atoms with Crippen molar-refractivity contribution in [3.8, 4) is 0 Å². The van der Waals surface area contributed by atoms with Gasteiger partial charge < -0.3 is 28.8 Å². The van der Waals surface area contributed by atoms with Gasteiger partial charge in [0.15, 0.2) is 18.7 Å². The summed E-state index contributed by atoms with van der Waals surface area (Å²) < 4.78 is 30.3. The molecule has 30 heavy (non-hydrogen) atoms. The SMILES string of the molecule is CSC(=S)O[C@@H]1COC(c2ccccc2)O[C@H]1[C@@H]1OC(c2ccccc2)OC[C@H]1O. The summed E-state index contributed by atoms with van der Waals surface area (Å²) in [5.41, 5.74) is 1.76. The first-order valence-corrected chi connectivity index (χ1v) is 11.4. The molecule has 0 aromatic heterocycles. The lowest BCUT2D eigenvalue weighted by Gasteiger charge is -2.44. The van der Waals surface area contributed by atoms with Crippen LogP contribution in [0.5, 0.6) is 0 Å². The third kappa shape index (κ3) is 5.03. The molecule has 2 fully saturated rings. The molecule has 2 aromatic carbocycles. The van der Waals surface area contributed by atoms with Crippen molar-refractivity contribution in [2.24, 2.45) is 0 Å². The number of thioether (sulfide) groups is 1. The summed E-state index contributed by atoms with van der Waals surface area (Å²) in [7, 11) is 0. The fraction of sp³-hybridized carbons (Fsp3) is 0.409. The Morgan fingerprint density at radius 1 is 0.900 bits per heavy atom. The van der Waals surface area contributed by atoms with Crippen LogP contribution in [0.25, 0.3) is 0 Å². The Kier molecular flexibility index (Phi) is 7.37. The Morgan fingerprint density at radius 3 is 2.00 bits per heavy atom. The minimum Gasteiger partial charge on any atom is -0.470 e. The molecule has 0 saturated carbocycles. The first kappa shape index (κ1) is 21.7. The monoisotopic (exact) mass is 448 g/mol. The molecule has 0 amide bonds. The number of benzene rings is 2. The van der Waals surface area contributed by atoms with Crippen LogP contribution in [0.2, 0.25) is 0 Å². The van der Waals surface area contributed by atoms with E-state index in [2.05, 4.69) is 0 Å². The van der Waals surface area contributed by atoms with E-state index in [0.717, 1.165) is 11.1 Å². The van der Waals surface area contributed by atoms with Crippen molar-refractivity contribution in [2.75, 3.05) is 19.5 Å². The van der Waals surface area contributed by atoms with E-state index < -0.39 is 37.0 Å². The first-order valence-electron chi connectivity index (χ1n) is 9.72. The maximum atomic E-state index is 10.7. The minimum atomic E-state index is -0.876. The molecule has 2 saturated heterocycles. The van der Waals surface area contributed by atoms with Crippen LogP contribution in [0.1, 0.15) is 23.7 Å². The van der Waals surface area contributed by atoms with Gasteiger partial charge in [0.05, 0.1) is 13.2 Å². The maximum absolute atomic E-state index is 10.7. The number of hydrogen-bond acceptors (Lipinski definition) is 8. The van der Waals surface area contributed by atoms with Crippen LogP contribution in [0, 0.1) is 0 Å². The lowest BCUT2D eigenvalue weighted by Crippen LogP contribution is -2.56. The quantitative estimate of drug-likeness (QED) is 0.712. The van der Waals surface area contributed by atoms with Crippen molar-refractivity contribution in [1.82, 2.24) is 0 Å². The number of hydrogen-bond donors (Lipinski definition) is 1. The second-order valence-electron chi connectivity index (χ2n) is 7.03. The highest BCUT2D eigenvalue weighted by molar-refractivity contribution is 8.22. The van der Waals surface area contributed by atoms with Crippen LogP contribution >= 0.6 is 24.0 Å². The minimum absolute atomic E-state index is 0.126. The number of thiocarbonyl (C=S) groups is 1. The molecular formula is C22H24O6S2. The van der Waals surface area contributed by atoms with Gasteiger partial charge in [0.2, 0.25) is 4.38 Å². The molecular weight excluding hydrogens is 424 g/mol. The lowest BCUT2D eigenvalue weighted by molar-refractivity contribution is -0.329. The van der Waals surface area contributed by atoms with Gasteiger partial charge in [0, 0.05) is 11.1 Å². The van der Waals surface area contributed by atoms with Crippen molar-refractivity contribution in [2.45, 2.75) is 37.0 Å². The topological polar surface area (TPSA) is 66.4 Å². The van der Waals surface area contributed by atoms with Crippen molar-refractivity contribution in [3.05, 3.63) is 71.8 Å². The molecule has 0 bridgehead atoms. The highest BCUT2D eigenvalue weighted by atomic mass is 32.2. The van der Waals surface area contributed by atoms with Gasteiger partial charge >= 0.3 is 0 Å². The number of rotatable bonds is 4. The molecule has 2 aliphatic rings. The van der Waals surface area contributed by atoms with Gasteiger partial charge in [-0.2, -0.15) is 0 Å². The molecule has 6 nitrogen and oxygen atoms in total. The third-order valence-corrected chi connectivity index (χ3v) is 6.04. The van der Waals surface area contributed by atoms with Gasteiger partial charge in [-0.3, -0.25) is 0 Å². The summed E-state index contributed by atoms with van der Waals surface area (Å²) in [6, 6.07) is 19.3. The Labute approximate surface area is 185 Å². The summed E-state index contributed by atoms with van der Waals surface area (Å²) >= 11 is 6.58. The fourth-order valence-corrected chi connectivity index (χ4v) is 3.87. The van der Waals surface area contributed by atoms with Crippen LogP contribution in [0.15, 0.2) is 60.7 Å². The molecule has 2 heterocycles. The largest absolute Gasteiger partial charge is 0.470 e. The molecule has 4 rings (SSSR count). The zero-order chi connectivity index (χ0) is 20.9. The van der Waals surface area contributed by atoms with E-state index >= 15 is 0 Å². The Bertz CT molecular complexity index is 821.